The van der Waals surface area contributed by atoms with Crippen molar-refractivity contribution in [2.45, 2.75) is 13.3 Å². The Balaban J connectivity index is 3.02. The number of carbonyl (C=O) groups excluding carboxylic acids is 2. The van der Waals surface area contributed by atoms with Crippen molar-refractivity contribution in [3.05, 3.63) is 33.5 Å². The van der Waals surface area contributed by atoms with Crippen molar-refractivity contribution in [2.24, 2.45) is 0 Å². The average molecular weight is 289 g/mol. The summed E-state index contributed by atoms with van der Waals surface area (Å²) in [4.78, 5) is 22.0. The molecule has 0 aromatic heterocycles. The first-order valence-corrected chi connectivity index (χ1v) is 5.46. The SMILES string of the molecule is CCOC(=O)Cc1c(Br)cc(F)cc1C=O. The number of aldehydes is 1. The summed E-state index contributed by atoms with van der Waals surface area (Å²) < 4.78 is 18.1. The maximum absolute atomic E-state index is 13.0. The van der Waals surface area contributed by atoms with Gasteiger partial charge < -0.3 is 4.74 Å². The topological polar surface area (TPSA) is 43.4 Å². The molecule has 1 aromatic rings. The van der Waals surface area contributed by atoms with E-state index < -0.39 is 11.8 Å². The third-order valence-electron chi connectivity index (χ3n) is 1.95. The number of carbonyl (C=O) groups is 2. The minimum absolute atomic E-state index is 0.0528. The lowest BCUT2D eigenvalue weighted by atomic mass is 10.1. The van der Waals surface area contributed by atoms with Crippen LogP contribution in [0.4, 0.5) is 4.39 Å². The highest BCUT2D eigenvalue weighted by Gasteiger charge is 2.13. The van der Waals surface area contributed by atoms with Gasteiger partial charge in [0.1, 0.15) is 12.1 Å². The van der Waals surface area contributed by atoms with Crippen LogP contribution in [0.3, 0.4) is 0 Å². The summed E-state index contributed by atoms with van der Waals surface area (Å²) in [7, 11) is 0. The zero-order valence-electron chi connectivity index (χ0n) is 8.63. The van der Waals surface area contributed by atoms with Gasteiger partial charge >= 0.3 is 5.97 Å². The number of hydrogen-bond acceptors (Lipinski definition) is 3. The van der Waals surface area contributed by atoms with E-state index in [1.807, 2.05) is 0 Å². The first kappa shape index (κ1) is 12.8. The van der Waals surface area contributed by atoms with E-state index in [0.29, 0.717) is 16.3 Å². The highest BCUT2D eigenvalue weighted by molar-refractivity contribution is 9.10. The predicted octanol–water partition coefficient (Wildman–Crippen LogP) is 2.51. The van der Waals surface area contributed by atoms with Gasteiger partial charge in [0.15, 0.2) is 0 Å². The van der Waals surface area contributed by atoms with Crippen molar-refractivity contribution in [2.75, 3.05) is 6.61 Å². The molecule has 1 rings (SSSR count). The molecule has 0 aliphatic heterocycles. The van der Waals surface area contributed by atoms with Gasteiger partial charge in [0.2, 0.25) is 0 Å². The minimum Gasteiger partial charge on any atom is -0.466 e. The zero-order chi connectivity index (χ0) is 12.1. The maximum Gasteiger partial charge on any atom is 0.310 e. The van der Waals surface area contributed by atoms with Crippen molar-refractivity contribution in [3.8, 4) is 0 Å². The van der Waals surface area contributed by atoms with Crippen molar-refractivity contribution in [3.63, 3.8) is 0 Å². The molecule has 1 aromatic carbocycles. The molecule has 86 valence electrons. The number of hydrogen-bond donors (Lipinski definition) is 0. The molecule has 5 heteroatoms. The van der Waals surface area contributed by atoms with Gasteiger partial charge in [-0.15, -0.1) is 0 Å². The van der Waals surface area contributed by atoms with Crippen LogP contribution in [0.1, 0.15) is 22.8 Å². The number of halogens is 2. The summed E-state index contributed by atoms with van der Waals surface area (Å²) in [5.41, 5.74) is 0.592. The Morgan fingerprint density at radius 1 is 1.56 bits per heavy atom. The van der Waals surface area contributed by atoms with Crippen LogP contribution < -0.4 is 0 Å². The predicted molar refractivity (Wildman–Crippen MR) is 59.8 cm³/mol. The molecule has 0 fully saturated rings. The molecule has 0 heterocycles. The molecule has 0 spiro atoms. The first-order chi connectivity index (χ1) is 7.58. The van der Waals surface area contributed by atoms with Gasteiger partial charge in [0.05, 0.1) is 13.0 Å². The fraction of sp³-hybridized carbons (Fsp3) is 0.273. The average Bonchev–Trinajstić information content (AvgIpc) is 2.22. The largest absolute Gasteiger partial charge is 0.466 e. The normalized spacial score (nSPS) is 9.94. The number of ether oxygens (including phenoxy) is 1. The third-order valence-corrected chi connectivity index (χ3v) is 2.66. The molecule has 0 amide bonds. The lowest BCUT2D eigenvalue weighted by molar-refractivity contribution is -0.142. The second-order valence-electron chi connectivity index (χ2n) is 3.06. The second-order valence-corrected chi connectivity index (χ2v) is 3.91. The van der Waals surface area contributed by atoms with Gasteiger partial charge in [-0.25, -0.2) is 4.39 Å². The molecule has 0 bridgehead atoms. The van der Waals surface area contributed by atoms with Gasteiger partial charge in [-0.1, -0.05) is 15.9 Å². The smallest absolute Gasteiger partial charge is 0.310 e. The van der Waals surface area contributed by atoms with E-state index in [9.17, 15) is 14.0 Å². The Bertz CT molecular complexity index is 418. The summed E-state index contributed by atoms with van der Waals surface area (Å²) in [6.07, 6.45) is 0.463. The molecule has 3 nitrogen and oxygen atoms in total. The highest BCUT2D eigenvalue weighted by Crippen LogP contribution is 2.22. The van der Waals surface area contributed by atoms with E-state index >= 15 is 0 Å². The molecule has 0 N–H and O–H groups in total. The van der Waals surface area contributed by atoms with E-state index in [1.165, 1.54) is 6.07 Å². The van der Waals surface area contributed by atoms with Crippen LogP contribution in [-0.4, -0.2) is 18.9 Å². The second kappa shape index (κ2) is 5.75. The molecule has 0 atom stereocenters. The maximum atomic E-state index is 13.0. The summed E-state index contributed by atoms with van der Waals surface area (Å²) in [6.45, 7) is 1.96. The minimum atomic E-state index is -0.526. The Labute approximate surface area is 101 Å². The van der Waals surface area contributed by atoms with Gasteiger partial charge in [-0.3, -0.25) is 9.59 Å². The molecule has 0 saturated carbocycles. The molecule has 16 heavy (non-hydrogen) atoms. The highest BCUT2D eigenvalue weighted by atomic mass is 79.9. The summed E-state index contributed by atoms with van der Waals surface area (Å²) >= 11 is 3.11. The van der Waals surface area contributed by atoms with Crippen LogP contribution in [0.2, 0.25) is 0 Å². The lowest BCUT2D eigenvalue weighted by Crippen LogP contribution is -2.10. The van der Waals surface area contributed by atoms with E-state index in [2.05, 4.69) is 15.9 Å². The lowest BCUT2D eigenvalue weighted by Gasteiger charge is -2.07. The molecule has 0 unspecified atom stereocenters. The van der Waals surface area contributed by atoms with Gasteiger partial charge in [-0.2, -0.15) is 0 Å². The van der Waals surface area contributed by atoms with Crippen LogP contribution in [0.15, 0.2) is 16.6 Å². The van der Waals surface area contributed by atoms with E-state index in [0.717, 1.165) is 6.07 Å². The zero-order valence-corrected chi connectivity index (χ0v) is 10.2. The Morgan fingerprint density at radius 2 is 2.25 bits per heavy atom. The Kier molecular flexibility index (Phi) is 4.61. The fourth-order valence-electron chi connectivity index (χ4n) is 1.27. The molecule has 0 radical (unpaired) electrons. The number of benzene rings is 1. The van der Waals surface area contributed by atoms with Crippen LogP contribution in [0.25, 0.3) is 0 Å². The summed E-state index contributed by atoms with van der Waals surface area (Å²) in [6, 6.07) is 2.30. The third kappa shape index (κ3) is 3.13. The van der Waals surface area contributed by atoms with Crippen molar-refractivity contribution in [1.82, 2.24) is 0 Å². The molecule has 0 aliphatic rings. The molecule has 0 aliphatic carbocycles. The van der Waals surface area contributed by atoms with Crippen molar-refractivity contribution < 1.29 is 18.7 Å². The summed E-state index contributed by atoms with van der Waals surface area (Å²) in [5.74, 6) is -0.973. The number of rotatable bonds is 4. The van der Waals surface area contributed by atoms with Crippen molar-refractivity contribution in [1.29, 1.82) is 0 Å². The van der Waals surface area contributed by atoms with Gasteiger partial charge in [0, 0.05) is 10.0 Å². The molecular weight excluding hydrogens is 279 g/mol. The first-order valence-electron chi connectivity index (χ1n) is 4.67. The molecular formula is C11H10BrFO3. The Morgan fingerprint density at radius 3 is 2.81 bits per heavy atom. The van der Waals surface area contributed by atoms with Crippen molar-refractivity contribution >= 4 is 28.2 Å². The quantitative estimate of drug-likeness (QED) is 0.632. The van der Waals surface area contributed by atoms with E-state index in [4.69, 9.17) is 4.74 Å². The Hall–Kier alpha value is -1.23. The van der Waals surface area contributed by atoms with Crippen LogP contribution in [-0.2, 0) is 16.0 Å². The van der Waals surface area contributed by atoms with E-state index in [-0.39, 0.29) is 18.6 Å². The number of esters is 1. The van der Waals surface area contributed by atoms with Gasteiger partial charge in [0.25, 0.3) is 0 Å². The fourth-order valence-corrected chi connectivity index (χ4v) is 1.86. The van der Waals surface area contributed by atoms with E-state index in [1.54, 1.807) is 6.92 Å². The van der Waals surface area contributed by atoms with Crippen LogP contribution >= 0.6 is 15.9 Å². The van der Waals surface area contributed by atoms with Crippen LogP contribution in [0, 0.1) is 5.82 Å². The van der Waals surface area contributed by atoms with Crippen LogP contribution in [0.5, 0.6) is 0 Å². The van der Waals surface area contributed by atoms with Gasteiger partial charge in [-0.05, 0) is 24.6 Å². The summed E-state index contributed by atoms with van der Waals surface area (Å²) in [5, 5.41) is 0. The standard InChI is InChI=1S/C11H10BrFO3/c1-2-16-11(15)5-9-7(6-14)3-8(13)4-10(9)12/h3-4,6H,2,5H2,1H3. The molecule has 0 saturated heterocycles. The monoisotopic (exact) mass is 288 g/mol.